The second-order valence-corrected chi connectivity index (χ2v) is 13.1. The molecule has 0 saturated carbocycles. The Morgan fingerprint density at radius 3 is 1.73 bits per heavy atom. The molecule has 9 rings (SSSR count). The lowest BCUT2D eigenvalue weighted by Gasteiger charge is -2.42. The molecule has 3 heteroatoms. The summed E-state index contributed by atoms with van der Waals surface area (Å²) in [6.07, 6.45) is 0. The minimum absolute atomic E-state index is 0.217. The Hall–Kier alpha value is -6.06. The Morgan fingerprint density at radius 1 is 0.417 bits per heavy atom. The highest BCUT2D eigenvalue weighted by Crippen LogP contribution is 2.53. The smallest absolute Gasteiger partial charge is 0.0542 e. The molecular formula is C45H35N3. The zero-order valence-corrected chi connectivity index (χ0v) is 27.1. The summed E-state index contributed by atoms with van der Waals surface area (Å²) in [4.78, 5) is 4.81. The van der Waals surface area contributed by atoms with Crippen molar-refractivity contribution in [2.75, 3.05) is 9.80 Å². The van der Waals surface area contributed by atoms with Gasteiger partial charge >= 0.3 is 0 Å². The average molecular weight is 618 g/mol. The van der Waals surface area contributed by atoms with Crippen molar-refractivity contribution in [1.82, 2.24) is 4.57 Å². The summed E-state index contributed by atoms with van der Waals surface area (Å²) in [6.45, 7) is 4.72. The monoisotopic (exact) mass is 617 g/mol. The van der Waals surface area contributed by atoms with Crippen LogP contribution in [-0.4, -0.2) is 4.57 Å². The van der Waals surface area contributed by atoms with Crippen molar-refractivity contribution in [3.05, 3.63) is 187 Å². The molecule has 0 bridgehead atoms. The van der Waals surface area contributed by atoms with Crippen LogP contribution in [0.2, 0.25) is 0 Å². The molecule has 0 spiro atoms. The average Bonchev–Trinajstić information content (AvgIpc) is 3.47. The van der Waals surface area contributed by atoms with Crippen LogP contribution in [0.5, 0.6) is 0 Å². The third-order valence-corrected chi connectivity index (χ3v) is 9.93. The number of hydrogen-bond donors (Lipinski definition) is 0. The van der Waals surface area contributed by atoms with E-state index in [-0.39, 0.29) is 5.41 Å². The van der Waals surface area contributed by atoms with E-state index < -0.39 is 0 Å². The highest BCUT2D eigenvalue weighted by Gasteiger charge is 2.37. The highest BCUT2D eigenvalue weighted by atomic mass is 15.2. The van der Waals surface area contributed by atoms with Crippen LogP contribution in [0.15, 0.2) is 176 Å². The van der Waals surface area contributed by atoms with Crippen LogP contribution in [-0.2, 0) is 5.41 Å². The van der Waals surface area contributed by atoms with Crippen LogP contribution in [0, 0.1) is 0 Å². The van der Waals surface area contributed by atoms with E-state index >= 15 is 0 Å². The Labute approximate surface area is 281 Å². The summed E-state index contributed by atoms with van der Waals surface area (Å²) < 4.78 is 2.38. The van der Waals surface area contributed by atoms with E-state index in [2.05, 4.69) is 204 Å². The van der Waals surface area contributed by atoms with E-state index in [4.69, 9.17) is 0 Å². The highest BCUT2D eigenvalue weighted by molar-refractivity contribution is 6.11. The fraction of sp³-hybridized carbons (Fsp3) is 0.0667. The fourth-order valence-electron chi connectivity index (χ4n) is 7.67. The number of anilines is 6. The first-order valence-corrected chi connectivity index (χ1v) is 16.6. The van der Waals surface area contributed by atoms with Gasteiger partial charge in [0.05, 0.1) is 22.4 Å². The number of rotatable bonds is 5. The Kier molecular flexibility index (Phi) is 6.48. The standard InChI is InChI=1S/C45H35N3/c1-45(2)39-23-13-15-25-43(39)48(35-26-28-42-38(30-35)37-22-12-14-24-41(37)47(42)34-20-10-5-11-21-34)44-29-27-36(31-40(44)45)46(32-16-6-3-7-17-32)33-18-8-4-9-19-33/h3-31H,1-2H3. The zero-order chi connectivity index (χ0) is 32.2. The van der Waals surface area contributed by atoms with Crippen molar-refractivity contribution in [2.45, 2.75) is 19.3 Å². The van der Waals surface area contributed by atoms with Crippen LogP contribution < -0.4 is 9.80 Å². The van der Waals surface area contributed by atoms with Crippen molar-refractivity contribution in [3.63, 3.8) is 0 Å². The van der Waals surface area contributed by atoms with E-state index in [0.717, 1.165) is 22.7 Å². The van der Waals surface area contributed by atoms with Crippen LogP contribution in [0.4, 0.5) is 34.1 Å². The maximum atomic E-state index is 2.46. The maximum absolute atomic E-state index is 2.46. The summed E-state index contributed by atoms with van der Waals surface area (Å²) in [5.41, 5.74) is 13.0. The minimum atomic E-state index is -0.217. The van der Waals surface area contributed by atoms with Crippen molar-refractivity contribution >= 4 is 55.9 Å². The van der Waals surface area contributed by atoms with Crippen LogP contribution >= 0.6 is 0 Å². The molecule has 7 aromatic carbocycles. The van der Waals surface area contributed by atoms with Crippen LogP contribution in [0.25, 0.3) is 27.5 Å². The minimum Gasteiger partial charge on any atom is -0.310 e. The van der Waals surface area contributed by atoms with Gasteiger partial charge in [0.1, 0.15) is 0 Å². The maximum Gasteiger partial charge on any atom is 0.0542 e. The molecule has 48 heavy (non-hydrogen) atoms. The molecule has 1 aliphatic heterocycles. The molecule has 1 aliphatic rings. The topological polar surface area (TPSA) is 11.4 Å². The van der Waals surface area contributed by atoms with Gasteiger partial charge in [0, 0.05) is 44.6 Å². The zero-order valence-electron chi connectivity index (χ0n) is 27.1. The van der Waals surface area contributed by atoms with Gasteiger partial charge in [-0.1, -0.05) is 105 Å². The van der Waals surface area contributed by atoms with Gasteiger partial charge in [-0.15, -0.1) is 0 Å². The van der Waals surface area contributed by atoms with Crippen LogP contribution in [0.3, 0.4) is 0 Å². The van der Waals surface area contributed by atoms with E-state index in [1.54, 1.807) is 0 Å². The third-order valence-electron chi connectivity index (χ3n) is 9.93. The fourth-order valence-corrected chi connectivity index (χ4v) is 7.67. The number of aromatic nitrogens is 1. The van der Waals surface area contributed by atoms with Gasteiger partial charge < -0.3 is 14.4 Å². The van der Waals surface area contributed by atoms with Gasteiger partial charge in [-0.05, 0) is 96.1 Å². The molecule has 3 nitrogen and oxygen atoms in total. The first-order valence-electron chi connectivity index (χ1n) is 16.6. The van der Waals surface area contributed by atoms with Gasteiger partial charge in [0.25, 0.3) is 0 Å². The normalized spacial score (nSPS) is 13.3. The number of benzene rings is 7. The molecule has 230 valence electrons. The molecular weight excluding hydrogens is 583 g/mol. The first-order chi connectivity index (χ1) is 23.6. The summed E-state index contributed by atoms with van der Waals surface area (Å²) >= 11 is 0. The van der Waals surface area contributed by atoms with Crippen molar-refractivity contribution < 1.29 is 0 Å². The van der Waals surface area contributed by atoms with Gasteiger partial charge in [-0.2, -0.15) is 0 Å². The van der Waals surface area contributed by atoms with E-state index in [9.17, 15) is 0 Å². The SMILES string of the molecule is CC1(C)c2ccccc2N(c2ccc3c(c2)c2ccccc2n3-c2ccccc2)c2ccc(N(c3ccccc3)c3ccccc3)cc21. The quantitative estimate of drug-likeness (QED) is 0.190. The third kappa shape index (κ3) is 4.35. The number of para-hydroxylation sites is 5. The molecule has 0 amide bonds. The second kappa shape index (κ2) is 11.0. The molecule has 1 aromatic heterocycles. The number of fused-ring (bicyclic) bond motifs is 5. The van der Waals surface area contributed by atoms with Gasteiger partial charge in [0.2, 0.25) is 0 Å². The summed E-state index contributed by atoms with van der Waals surface area (Å²) in [5.74, 6) is 0. The van der Waals surface area contributed by atoms with E-state index in [0.29, 0.717) is 0 Å². The number of hydrogen-bond acceptors (Lipinski definition) is 2. The molecule has 0 N–H and O–H groups in total. The lowest BCUT2D eigenvalue weighted by Crippen LogP contribution is -2.31. The van der Waals surface area contributed by atoms with E-state index in [1.807, 2.05) is 0 Å². The van der Waals surface area contributed by atoms with Crippen molar-refractivity contribution in [3.8, 4) is 5.69 Å². The molecule has 0 radical (unpaired) electrons. The lowest BCUT2D eigenvalue weighted by molar-refractivity contribution is 0.632. The molecule has 8 aromatic rings. The molecule has 0 atom stereocenters. The van der Waals surface area contributed by atoms with E-state index in [1.165, 1.54) is 50.0 Å². The number of nitrogens with zero attached hydrogens (tertiary/aromatic N) is 3. The van der Waals surface area contributed by atoms with Crippen molar-refractivity contribution in [2.24, 2.45) is 0 Å². The van der Waals surface area contributed by atoms with Gasteiger partial charge in [-0.25, -0.2) is 0 Å². The van der Waals surface area contributed by atoms with Gasteiger partial charge in [0.15, 0.2) is 0 Å². The molecule has 0 aliphatic carbocycles. The van der Waals surface area contributed by atoms with Gasteiger partial charge in [-0.3, -0.25) is 0 Å². The Balaban J connectivity index is 1.26. The van der Waals surface area contributed by atoms with Crippen molar-refractivity contribution in [1.29, 1.82) is 0 Å². The summed E-state index contributed by atoms with van der Waals surface area (Å²) in [7, 11) is 0. The second-order valence-electron chi connectivity index (χ2n) is 13.1. The molecule has 0 fully saturated rings. The molecule has 0 unspecified atom stereocenters. The lowest BCUT2D eigenvalue weighted by atomic mass is 9.73. The Bertz CT molecular complexity index is 2390. The van der Waals surface area contributed by atoms with Crippen LogP contribution in [0.1, 0.15) is 25.0 Å². The summed E-state index contributed by atoms with van der Waals surface area (Å²) in [6, 6.07) is 63.6. The Morgan fingerprint density at radius 2 is 1.00 bits per heavy atom. The molecule has 2 heterocycles. The predicted molar refractivity (Wildman–Crippen MR) is 202 cm³/mol. The predicted octanol–water partition coefficient (Wildman–Crippen LogP) is 12.4. The first kappa shape index (κ1) is 28.2. The summed E-state index contributed by atoms with van der Waals surface area (Å²) in [5, 5.41) is 2.49. The molecule has 0 saturated heterocycles. The largest absolute Gasteiger partial charge is 0.310 e.